The highest BCUT2D eigenvalue weighted by molar-refractivity contribution is 7.89. The van der Waals surface area contributed by atoms with Crippen molar-refractivity contribution < 1.29 is 22.7 Å². The molecule has 0 bridgehead atoms. The topological polar surface area (TPSA) is 84.9 Å². The van der Waals surface area contributed by atoms with E-state index in [-0.39, 0.29) is 15.5 Å². The van der Waals surface area contributed by atoms with Crippen molar-refractivity contribution in [1.82, 2.24) is 4.31 Å². The maximum atomic E-state index is 12.8. The summed E-state index contributed by atoms with van der Waals surface area (Å²) in [5, 5.41) is 2.77. The third kappa shape index (κ3) is 4.57. The summed E-state index contributed by atoms with van der Waals surface area (Å²) in [5.41, 5.74) is 0.551. The van der Waals surface area contributed by atoms with E-state index in [0.29, 0.717) is 30.3 Å². The number of carbonyl (C=O) groups is 1. The van der Waals surface area contributed by atoms with E-state index in [4.69, 9.17) is 21.1 Å². The van der Waals surface area contributed by atoms with E-state index in [0.717, 1.165) is 0 Å². The van der Waals surface area contributed by atoms with Gasteiger partial charge in [0.2, 0.25) is 10.0 Å². The Labute approximate surface area is 170 Å². The maximum Gasteiger partial charge on any atom is 0.255 e. The predicted octanol–water partition coefficient (Wildman–Crippen LogP) is 3.64. The molecule has 0 atom stereocenters. The van der Waals surface area contributed by atoms with Gasteiger partial charge >= 0.3 is 0 Å². The number of sulfonamides is 1. The Morgan fingerprint density at radius 1 is 1.07 bits per heavy atom. The Morgan fingerprint density at radius 3 is 2.32 bits per heavy atom. The van der Waals surface area contributed by atoms with E-state index in [9.17, 15) is 13.2 Å². The number of ether oxygens (including phenoxy) is 2. The fourth-order valence-corrected chi connectivity index (χ4v) is 4.61. The van der Waals surface area contributed by atoms with Crippen molar-refractivity contribution in [3.63, 3.8) is 0 Å². The zero-order chi connectivity index (χ0) is 20.9. The van der Waals surface area contributed by atoms with Gasteiger partial charge < -0.3 is 14.8 Å². The van der Waals surface area contributed by atoms with Crippen LogP contribution in [0.4, 0.5) is 5.69 Å². The molecule has 1 amide bonds. The smallest absolute Gasteiger partial charge is 0.255 e. The molecule has 0 saturated heterocycles. The van der Waals surface area contributed by atoms with Gasteiger partial charge in [-0.15, -0.1) is 0 Å². The lowest BCUT2D eigenvalue weighted by molar-refractivity contribution is 0.102. The molecular weight excluding hydrogens is 404 g/mol. The van der Waals surface area contributed by atoms with Crippen molar-refractivity contribution >= 4 is 33.2 Å². The highest BCUT2D eigenvalue weighted by Crippen LogP contribution is 2.30. The summed E-state index contributed by atoms with van der Waals surface area (Å²) in [5.74, 6) is 0.482. The van der Waals surface area contributed by atoms with Crippen LogP contribution in [0.3, 0.4) is 0 Å². The molecule has 9 heteroatoms. The van der Waals surface area contributed by atoms with E-state index in [2.05, 4.69) is 5.32 Å². The summed E-state index contributed by atoms with van der Waals surface area (Å²) in [6, 6.07) is 9.11. The number of benzene rings is 2. The normalized spacial score (nSPS) is 11.4. The zero-order valence-corrected chi connectivity index (χ0v) is 17.7. The molecule has 0 heterocycles. The van der Waals surface area contributed by atoms with Crippen molar-refractivity contribution in [3.05, 3.63) is 47.0 Å². The van der Waals surface area contributed by atoms with Crippen LogP contribution >= 0.6 is 11.6 Å². The van der Waals surface area contributed by atoms with Gasteiger partial charge in [0.1, 0.15) is 16.4 Å². The van der Waals surface area contributed by atoms with Gasteiger partial charge in [0, 0.05) is 24.7 Å². The van der Waals surface area contributed by atoms with Gasteiger partial charge in [0.25, 0.3) is 5.91 Å². The van der Waals surface area contributed by atoms with Gasteiger partial charge in [-0.2, -0.15) is 4.31 Å². The molecule has 2 aromatic rings. The standard InChI is InChI=1S/C19H23ClN2O5S/c1-5-22(6-2)28(24,25)18-11-13(7-9-15(18)20)19(23)21-16-12-14(26-3)8-10-17(16)27-4/h7-12H,5-6H2,1-4H3,(H,21,23). The molecule has 2 rings (SSSR count). The molecule has 0 spiro atoms. The van der Waals surface area contributed by atoms with E-state index < -0.39 is 15.9 Å². The highest BCUT2D eigenvalue weighted by atomic mass is 35.5. The average Bonchev–Trinajstić information content (AvgIpc) is 2.68. The highest BCUT2D eigenvalue weighted by Gasteiger charge is 2.25. The number of carbonyl (C=O) groups excluding carboxylic acids is 1. The molecule has 7 nitrogen and oxygen atoms in total. The molecule has 1 N–H and O–H groups in total. The number of halogens is 1. The van der Waals surface area contributed by atoms with Crippen LogP contribution in [0.2, 0.25) is 5.02 Å². The number of hydrogen-bond donors (Lipinski definition) is 1. The van der Waals surface area contributed by atoms with Gasteiger partial charge in [-0.25, -0.2) is 8.42 Å². The molecule has 0 radical (unpaired) electrons. The third-order valence-electron chi connectivity index (χ3n) is 4.17. The van der Waals surface area contributed by atoms with Crippen molar-refractivity contribution in [2.75, 3.05) is 32.6 Å². The zero-order valence-electron chi connectivity index (χ0n) is 16.2. The first-order valence-electron chi connectivity index (χ1n) is 8.61. The predicted molar refractivity (Wildman–Crippen MR) is 109 cm³/mol. The summed E-state index contributed by atoms with van der Waals surface area (Å²) in [4.78, 5) is 12.6. The summed E-state index contributed by atoms with van der Waals surface area (Å²) in [6.07, 6.45) is 0. The SMILES string of the molecule is CCN(CC)S(=O)(=O)c1cc(C(=O)Nc2cc(OC)ccc2OC)ccc1Cl. The second-order valence-corrected chi connectivity index (χ2v) is 8.07. The number of anilines is 1. The summed E-state index contributed by atoms with van der Waals surface area (Å²) >= 11 is 6.12. The van der Waals surface area contributed by atoms with Crippen molar-refractivity contribution in [2.45, 2.75) is 18.7 Å². The Bertz CT molecular complexity index is 959. The van der Waals surface area contributed by atoms with E-state index >= 15 is 0 Å². The summed E-state index contributed by atoms with van der Waals surface area (Å²) in [7, 11) is -0.816. The fourth-order valence-electron chi connectivity index (χ4n) is 2.65. The molecular formula is C19H23ClN2O5S. The van der Waals surface area contributed by atoms with Crippen LogP contribution in [-0.4, -0.2) is 45.9 Å². The molecule has 0 aliphatic rings. The minimum atomic E-state index is -3.81. The molecule has 0 unspecified atom stereocenters. The maximum absolute atomic E-state index is 12.8. The van der Waals surface area contributed by atoms with Gasteiger partial charge in [-0.3, -0.25) is 4.79 Å². The van der Waals surface area contributed by atoms with Gasteiger partial charge in [-0.1, -0.05) is 25.4 Å². The number of nitrogens with zero attached hydrogens (tertiary/aromatic N) is 1. The van der Waals surface area contributed by atoms with Crippen LogP contribution in [0.15, 0.2) is 41.3 Å². The van der Waals surface area contributed by atoms with Crippen LogP contribution < -0.4 is 14.8 Å². The van der Waals surface area contributed by atoms with Gasteiger partial charge in [0.05, 0.1) is 24.9 Å². The van der Waals surface area contributed by atoms with Crippen molar-refractivity contribution in [2.24, 2.45) is 0 Å². The molecule has 0 aliphatic heterocycles. The molecule has 0 saturated carbocycles. The number of hydrogen-bond acceptors (Lipinski definition) is 5. The molecule has 152 valence electrons. The average molecular weight is 427 g/mol. The molecule has 28 heavy (non-hydrogen) atoms. The largest absolute Gasteiger partial charge is 0.497 e. The molecule has 0 aliphatic carbocycles. The molecule has 2 aromatic carbocycles. The van der Waals surface area contributed by atoms with Crippen LogP contribution in [0.1, 0.15) is 24.2 Å². The number of nitrogens with one attached hydrogen (secondary N) is 1. The Morgan fingerprint density at radius 2 is 1.75 bits per heavy atom. The number of amides is 1. The van der Waals surface area contributed by atoms with Crippen LogP contribution in [0.25, 0.3) is 0 Å². The number of rotatable bonds is 8. The van der Waals surface area contributed by atoms with Gasteiger partial charge in [0.15, 0.2) is 0 Å². The Balaban J connectivity index is 2.41. The quantitative estimate of drug-likeness (QED) is 0.696. The first-order valence-corrected chi connectivity index (χ1v) is 10.4. The second-order valence-electron chi connectivity index (χ2n) is 5.75. The lowest BCUT2D eigenvalue weighted by Crippen LogP contribution is -2.31. The van der Waals surface area contributed by atoms with E-state index in [1.807, 2.05) is 0 Å². The second kappa shape index (κ2) is 9.27. The summed E-state index contributed by atoms with van der Waals surface area (Å²) < 4.78 is 37.3. The minimum Gasteiger partial charge on any atom is -0.497 e. The van der Waals surface area contributed by atoms with E-state index in [1.54, 1.807) is 32.0 Å². The lowest BCUT2D eigenvalue weighted by Gasteiger charge is -2.19. The van der Waals surface area contributed by atoms with Crippen molar-refractivity contribution in [3.8, 4) is 11.5 Å². The van der Waals surface area contributed by atoms with Gasteiger partial charge in [-0.05, 0) is 30.3 Å². The van der Waals surface area contributed by atoms with Crippen molar-refractivity contribution in [1.29, 1.82) is 0 Å². The Hall–Kier alpha value is -2.29. The van der Waals surface area contributed by atoms with Crippen LogP contribution in [0.5, 0.6) is 11.5 Å². The van der Waals surface area contributed by atoms with E-state index in [1.165, 1.54) is 36.7 Å². The lowest BCUT2D eigenvalue weighted by atomic mass is 10.2. The molecule has 0 fully saturated rings. The fraction of sp³-hybridized carbons (Fsp3) is 0.316. The number of methoxy groups -OCH3 is 2. The third-order valence-corrected chi connectivity index (χ3v) is 6.70. The van der Waals surface area contributed by atoms with Crippen LogP contribution in [-0.2, 0) is 10.0 Å². The molecule has 0 aromatic heterocycles. The first-order chi connectivity index (χ1) is 13.3. The monoisotopic (exact) mass is 426 g/mol. The first kappa shape index (κ1) is 22.0. The van der Waals surface area contributed by atoms with Crippen LogP contribution in [0, 0.1) is 0 Å². The minimum absolute atomic E-state index is 0.0578. The summed E-state index contributed by atoms with van der Waals surface area (Å²) in [6.45, 7) is 4.07. The Kier molecular flexibility index (Phi) is 7.29.